The summed E-state index contributed by atoms with van der Waals surface area (Å²) in [7, 11) is 1.75. The Labute approximate surface area is 124 Å². The molecule has 0 amide bonds. The van der Waals surface area contributed by atoms with Crippen LogP contribution in [0.25, 0.3) is 0 Å². The summed E-state index contributed by atoms with van der Waals surface area (Å²) >= 11 is 0. The van der Waals surface area contributed by atoms with Crippen LogP contribution in [0.15, 0.2) is 59.6 Å². The quantitative estimate of drug-likeness (QED) is 0.654. The fraction of sp³-hybridized carbons (Fsp3) is 0.235. The van der Waals surface area contributed by atoms with Gasteiger partial charge in [0.1, 0.15) is 5.82 Å². The molecule has 0 bridgehead atoms. The summed E-state index contributed by atoms with van der Waals surface area (Å²) in [6.45, 7) is 1.48. The molecule has 0 heterocycles. The van der Waals surface area contributed by atoms with Crippen LogP contribution in [0, 0.1) is 5.82 Å². The number of benzene rings is 2. The van der Waals surface area contributed by atoms with E-state index in [9.17, 15) is 4.39 Å². The molecule has 0 saturated heterocycles. The lowest BCUT2D eigenvalue weighted by Crippen LogP contribution is -2.37. The Morgan fingerprint density at radius 2 is 1.67 bits per heavy atom. The lowest BCUT2D eigenvalue weighted by atomic mass is 10.1. The smallest absolute Gasteiger partial charge is 0.191 e. The number of rotatable bonds is 5. The van der Waals surface area contributed by atoms with E-state index < -0.39 is 0 Å². The zero-order valence-electron chi connectivity index (χ0n) is 12.1. The molecule has 21 heavy (non-hydrogen) atoms. The Morgan fingerprint density at radius 1 is 0.952 bits per heavy atom. The summed E-state index contributed by atoms with van der Waals surface area (Å²) in [5, 5.41) is 6.51. The van der Waals surface area contributed by atoms with E-state index in [-0.39, 0.29) is 5.82 Å². The van der Waals surface area contributed by atoms with Crippen LogP contribution < -0.4 is 10.6 Å². The van der Waals surface area contributed by atoms with Crippen LogP contribution in [0.5, 0.6) is 0 Å². The molecular formula is C17H20FN3. The minimum absolute atomic E-state index is 0.202. The molecule has 0 aliphatic heterocycles. The van der Waals surface area contributed by atoms with Crippen molar-refractivity contribution in [1.29, 1.82) is 0 Å². The molecule has 2 aromatic carbocycles. The first-order valence-electron chi connectivity index (χ1n) is 7.01. The number of aliphatic imine (C=N–C) groups is 1. The molecule has 0 fully saturated rings. The van der Waals surface area contributed by atoms with Gasteiger partial charge in [0.2, 0.25) is 0 Å². The molecule has 0 spiro atoms. The number of nitrogens with zero attached hydrogens (tertiary/aromatic N) is 1. The Balaban J connectivity index is 1.74. The van der Waals surface area contributed by atoms with Gasteiger partial charge in [0.25, 0.3) is 0 Å². The molecule has 2 aromatic rings. The number of halogens is 1. The summed E-state index contributed by atoms with van der Waals surface area (Å²) in [6, 6.07) is 16.7. The lowest BCUT2D eigenvalue weighted by Gasteiger charge is -2.12. The lowest BCUT2D eigenvalue weighted by molar-refractivity contribution is 0.626. The van der Waals surface area contributed by atoms with E-state index in [1.807, 2.05) is 18.2 Å². The Bertz CT molecular complexity index is 564. The van der Waals surface area contributed by atoms with Gasteiger partial charge in [-0.2, -0.15) is 0 Å². The van der Waals surface area contributed by atoms with Gasteiger partial charge >= 0.3 is 0 Å². The Kier molecular flexibility index (Phi) is 5.76. The summed E-state index contributed by atoms with van der Waals surface area (Å²) < 4.78 is 12.8. The molecule has 0 aliphatic carbocycles. The van der Waals surface area contributed by atoms with Crippen molar-refractivity contribution in [2.45, 2.75) is 13.0 Å². The molecule has 0 aliphatic rings. The topological polar surface area (TPSA) is 36.4 Å². The first-order valence-corrected chi connectivity index (χ1v) is 7.01. The molecular weight excluding hydrogens is 265 g/mol. The summed E-state index contributed by atoms with van der Waals surface area (Å²) in [5.41, 5.74) is 2.31. The second-order valence-electron chi connectivity index (χ2n) is 4.71. The van der Waals surface area contributed by atoms with E-state index in [0.29, 0.717) is 0 Å². The molecule has 2 rings (SSSR count). The predicted molar refractivity (Wildman–Crippen MR) is 84.7 cm³/mol. The van der Waals surface area contributed by atoms with Crippen LogP contribution in [0.3, 0.4) is 0 Å². The van der Waals surface area contributed by atoms with Gasteiger partial charge in [-0.15, -0.1) is 0 Å². The number of hydrogen-bond acceptors (Lipinski definition) is 1. The van der Waals surface area contributed by atoms with Crippen molar-refractivity contribution < 1.29 is 4.39 Å². The van der Waals surface area contributed by atoms with Gasteiger partial charge in [0.05, 0.1) is 0 Å². The molecule has 110 valence electrons. The maximum absolute atomic E-state index is 12.8. The first kappa shape index (κ1) is 15.0. The maximum atomic E-state index is 12.8. The van der Waals surface area contributed by atoms with E-state index in [1.54, 1.807) is 19.2 Å². The van der Waals surface area contributed by atoms with Crippen molar-refractivity contribution in [3.05, 3.63) is 71.5 Å². The van der Waals surface area contributed by atoms with E-state index >= 15 is 0 Å². The average Bonchev–Trinajstić information content (AvgIpc) is 2.53. The van der Waals surface area contributed by atoms with Crippen molar-refractivity contribution in [3.8, 4) is 0 Å². The van der Waals surface area contributed by atoms with Crippen LogP contribution in [-0.4, -0.2) is 19.6 Å². The Hall–Kier alpha value is -2.36. The van der Waals surface area contributed by atoms with Gasteiger partial charge in [0.15, 0.2) is 5.96 Å². The third kappa shape index (κ3) is 5.26. The molecule has 4 heteroatoms. The third-order valence-electron chi connectivity index (χ3n) is 3.15. The van der Waals surface area contributed by atoms with E-state index in [4.69, 9.17) is 0 Å². The van der Waals surface area contributed by atoms with Crippen LogP contribution in [0.4, 0.5) is 4.39 Å². The SMILES string of the molecule is CN=C(NCCc1ccc(F)cc1)NCc1ccccc1. The second kappa shape index (κ2) is 8.04. The van der Waals surface area contributed by atoms with Crippen LogP contribution in [0.1, 0.15) is 11.1 Å². The first-order chi connectivity index (χ1) is 10.3. The van der Waals surface area contributed by atoms with Crippen molar-refractivity contribution in [2.24, 2.45) is 4.99 Å². The van der Waals surface area contributed by atoms with E-state index in [1.165, 1.54) is 17.7 Å². The molecule has 0 unspecified atom stereocenters. The molecule has 2 N–H and O–H groups in total. The highest BCUT2D eigenvalue weighted by Gasteiger charge is 1.99. The third-order valence-corrected chi connectivity index (χ3v) is 3.15. The van der Waals surface area contributed by atoms with Crippen LogP contribution in [-0.2, 0) is 13.0 Å². The van der Waals surface area contributed by atoms with Gasteiger partial charge in [0, 0.05) is 20.1 Å². The maximum Gasteiger partial charge on any atom is 0.191 e. The fourth-order valence-electron chi connectivity index (χ4n) is 1.98. The Morgan fingerprint density at radius 3 is 2.33 bits per heavy atom. The number of nitrogens with one attached hydrogen (secondary N) is 2. The second-order valence-corrected chi connectivity index (χ2v) is 4.71. The highest BCUT2D eigenvalue weighted by atomic mass is 19.1. The number of guanidine groups is 1. The summed E-state index contributed by atoms with van der Waals surface area (Å²) in [6.07, 6.45) is 0.826. The largest absolute Gasteiger partial charge is 0.356 e. The number of hydrogen-bond donors (Lipinski definition) is 2. The normalized spacial score (nSPS) is 11.2. The van der Waals surface area contributed by atoms with Crippen molar-refractivity contribution in [2.75, 3.05) is 13.6 Å². The van der Waals surface area contributed by atoms with Crippen LogP contribution in [0.2, 0.25) is 0 Å². The van der Waals surface area contributed by atoms with Gasteiger partial charge < -0.3 is 10.6 Å². The highest BCUT2D eigenvalue weighted by molar-refractivity contribution is 5.79. The molecule has 0 saturated carbocycles. The van der Waals surface area contributed by atoms with Gasteiger partial charge in [-0.05, 0) is 29.7 Å². The van der Waals surface area contributed by atoms with E-state index in [0.717, 1.165) is 31.0 Å². The fourth-order valence-corrected chi connectivity index (χ4v) is 1.98. The van der Waals surface area contributed by atoms with Crippen LogP contribution >= 0.6 is 0 Å². The van der Waals surface area contributed by atoms with Crippen molar-refractivity contribution in [3.63, 3.8) is 0 Å². The molecule has 0 radical (unpaired) electrons. The average molecular weight is 285 g/mol. The summed E-state index contributed by atoms with van der Waals surface area (Å²) in [4.78, 5) is 4.18. The van der Waals surface area contributed by atoms with E-state index in [2.05, 4.69) is 27.8 Å². The highest BCUT2D eigenvalue weighted by Crippen LogP contribution is 2.02. The zero-order valence-corrected chi connectivity index (χ0v) is 12.1. The molecule has 0 aromatic heterocycles. The van der Waals surface area contributed by atoms with Gasteiger partial charge in [-0.1, -0.05) is 42.5 Å². The zero-order chi connectivity index (χ0) is 14.9. The monoisotopic (exact) mass is 285 g/mol. The van der Waals surface area contributed by atoms with Crippen molar-refractivity contribution >= 4 is 5.96 Å². The summed E-state index contributed by atoms with van der Waals surface area (Å²) in [5.74, 6) is 0.563. The standard InChI is InChI=1S/C17H20FN3/c1-19-17(21-13-15-5-3-2-4-6-15)20-12-11-14-7-9-16(18)10-8-14/h2-10H,11-13H2,1H3,(H2,19,20,21). The molecule has 3 nitrogen and oxygen atoms in total. The van der Waals surface area contributed by atoms with Crippen molar-refractivity contribution in [1.82, 2.24) is 10.6 Å². The predicted octanol–water partition coefficient (Wildman–Crippen LogP) is 2.73. The van der Waals surface area contributed by atoms with Gasteiger partial charge in [-0.25, -0.2) is 4.39 Å². The minimum Gasteiger partial charge on any atom is -0.356 e. The molecule has 0 atom stereocenters. The van der Waals surface area contributed by atoms with Gasteiger partial charge in [-0.3, -0.25) is 4.99 Å². The minimum atomic E-state index is -0.202.